The van der Waals surface area contributed by atoms with Crippen molar-refractivity contribution in [2.24, 2.45) is 0 Å². The Morgan fingerprint density at radius 2 is 2.10 bits per heavy atom. The molecule has 1 saturated heterocycles. The van der Waals surface area contributed by atoms with Crippen LogP contribution in [0.25, 0.3) is 0 Å². The van der Waals surface area contributed by atoms with Crippen molar-refractivity contribution < 1.29 is 23.4 Å². The van der Waals surface area contributed by atoms with Crippen LogP contribution >= 0.6 is 0 Å². The smallest absolute Gasteiger partial charge is 0.322 e. The Balaban J connectivity index is 2.23. The van der Waals surface area contributed by atoms with Crippen LogP contribution in [0.3, 0.4) is 0 Å². The summed E-state index contributed by atoms with van der Waals surface area (Å²) in [5.41, 5.74) is 0.826. The second kappa shape index (κ2) is 5.90. The molecule has 1 atom stereocenters. The third kappa shape index (κ3) is 3.45. The number of aromatic hydroxyl groups is 1. The second-order valence-corrected chi connectivity index (χ2v) is 6.69. The third-order valence-electron chi connectivity index (χ3n) is 3.50. The molecule has 1 aliphatic rings. The van der Waals surface area contributed by atoms with Crippen molar-refractivity contribution >= 4 is 21.9 Å². The fourth-order valence-corrected chi connectivity index (χ4v) is 3.76. The molecule has 1 aliphatic heterocycles. The third-order valence-corrected chi connectivity index (χ3v) is 5.05. The van der Waals surface area contributed by atoms with Gasteiger partial charge in [-0.1, -0.05) is 6.07 Å². The first kappa shape index (κ1) is 15.6. The first-order chi connectivity index (χ1) is 9.81. The maximum atomic E-state index is 12.3. The molecule has 1 unspecified atom stereocenters. The van der Waals surface area contributed by atoms with Gasteiger partial charge >= 0.3 is 16.2 Å². The number of nitrogens with one attached hydrogen (secondary N) is 1. The molecule has 7 nitrogen and oxygen atoms in total. The minimum atomic E-state index is -3.97. The van der Waals surface area contributed by atoms with Gasteiger partial charge < -0.3 is 10.2 Å². The molecule has 21 heavy (non-hydrogen) atoms. The fraction of sp³-hybridized carbons (Fsp3) is 0.462. The maximum absolute atomic E-state index is 12.3. The molecular formula is C13H18N2O5S. The zero-order chi connectivity index (χ0) is 15.6. The largest absolute Gasteiger partial charge is 0.508 e. The van der Waals surface area contributed by atoms with E-state index >= 15 is 0 Å². The average molecular weight is 314 g/mol. The maximum Gasteiger partial charge on any atom is 0.322 e. The number of piperidine rings is 1. The van der Waals surface area contributed by atoms with Crippen molar-refractivity contribution in [3.63, 3.8) is 0 Å². The van der Waals surface area contributed by atoms with Crippen molar-refractivity contribution in [1.29, 1.82) is 0 Å². The van der Waals surface area contributed by atoms with E-state index in [1.807, 2.05) is 0 Å². The van der Waals surface area contributed by atoms with Crippen LogP contribution in [0.5, 0.6) is 5.75 Å². The van der Waals surface area contributed by atoms with Gasteiger partial charge in [0.05, 0.1) is 5.69 Å². The van der Waals surface area contributed by atoms with Crippen LogP contribution in [-0.4, -0.2) is 41.5 Å². The number of carboxylic acids is 1. The first-order valence-corrected chi connectivity index (χ1v) is 8.07. The van der Waals surface area contributed by atoms with Gasteiger partial charge in [0.1, 0.15) is 11.8 Å². The second-order valence-electron chi connectivity index (χ2n) is 5.07. The number of benzene rings is 1. The summed E-state index contributed by atoms with van der Waals surface area (Å²) in [6, 6.07) is 3.35. The van der Waals surface area contributed by atoms with Gasteiger partial charge in [0.2, 0.25) is 0 Å². The van der Waals surface area contributed by atoms with E-state index in [2.05, 4.69) is 4.72 Å². The summed E-state index contributed by atoms with van der Waals surface area (Å²) in [5.74, 6) is -1.17. The molecule has 0 bridgehead atoms. The molecule has 1 heterocycles. The van der Waals surface area contributed by atoms with Crippen molar-refractivity contribution in [1.82, 2.24) is 4.31 Å². The van der Waals surface area contributed by atoms with E-state index in [4.69, 9.17) is 5.11 Å². The lowest BCUT2D eigenvalue weighted by atomic mass is 10.1. The van der Waals surface area contributed by atoms with E-state index < -0.39 is 22.2 Å². The quantitative estimate of drug-likeness (QED) is 0.776. The van der Waals surface area contributed by atoms with Crippen molar-refractivity contribution in [2.45, 2.75) is 32.2 Å². The molecule has 0 aliphatic carbocycles. The van der Waals surface area contributed by atoms with Gasteiger partial charge in [-0.05, 0) is 37.8 Å². The van der Waals surface area contributed by atoms with E-state index in [0.717, 1.165) is 4.31 Å². The number of nitrogens with zero attached hydrogens (tertiary/aromatic N) is 1. The van der Waals surface area contributed by atoms with E-state index in [9.17, 15) is 18.3 Å². The van der Waals surface area contributed by atoms with Crippen LogP contribution in [0.2, 0.25) is 0 Å². The molecule has 1 aromatic rings. The van der Waals surface area contributed by atoms with Crippen LogP contribution < -0.4 is 4.72 Å². The number of carboxylic acid groups (broad SMARTS) is 1. The summed E-state index contributed by atoms with van der Waals surface area (Å²) in [7, 11) is -3.97. The van der Waals surface area contributed by atoms with E-state index in [1.54, 1.807) is 13.0 Å². The zero-order valence-corrected chi connectivity index (χ0v) is 12.4. The molecule has 0 amide bonds. The van der Waals surface area contributed by atoms with Gasteiger partial charge in [0, 0.05) is 12.6 Å². The SMILES string of the molecule is Cc1ccc(NS(=O)(=O)N2CCCCC2C(=O)O)cc1O. The van der Waals surface area contributed by atoms with Gasteiger partial charge in [-0.2, -0.15) is 12.7 Å². The summed E-state index contributed by atoms with van der Waals surface area (Å²) in [6.45, 7) is 1.86. The highest BCUT2D eigenvalue weighted by Gasteiger charge is 2.36. The number of hydrogen-bond acceptors (Lipinski definition) is 4. The highest BCUT2D eigenvalue weighted by molar-refractivity contribution is 7.90. The lowest BCUT2D eigenvalue weighted by Gasteiger charge is -2.31. The van der Waals surface area contributed by atoms with Crippen LogP contribution in [0, 0.1) is 6.92 Å². The van der Waals surface area contributed by atoms with Gasteiger partial charge in [0.15, 0.2) is 0 Å². The molecule has 0 spiro atoms. The molecule has 0 radical (unpaired) electrons. The van der Waals surface area contributed by atoms with Gasteiger partial charge in [0.25, 0.3) is 0 Å². The summed E-state index contributed by atoms with van der Waals surface area (Å²) in [6.07, 6.45) is 1.62. The molecule has 0 aromatic heterocycles. The molecule has 0 saturated carbocycles. The number of carbonyl (C=O) groups is 1. The summed E-state index contributed by atoms with van der Waals surface area (Å²) in [4.78, 5) is 11.2. The summed E-state index contributed by atoms with van der Waals surface area (Å²) < 4.78 is 28.0. The molecule has 8 heteroatoms. The Bertz CT molecular complexity index is 644. The summed E-state index contributed by atoms with van der Waals surface area (Å²) in [5, 5.41) is 18.7. The number of aliphatic carboxylic acids is 1. The first-order valence-electron chi connectivity index (χ1n) is 6.63. The minimum absolute atomic E-state index is 0.0244. The molecule has 3 N–H and O–H groups in total. The van der Waals surface area contributed by atoms with Gasteiger partial charge in [-0.15, -0.1) is 0 Å². The number of anilines is 1. The topological polar surface area (TPSA) is 107 Å². The van der Waals surface area contributed by atoms with Crippen LogP contribution in [-0.2, 0) is 15.0 Å². The molecular weight excluding hydrogens is 296 g/mol. The zero-order valence-electron chi connectivity index (χ0n) is 11.6. The average Bonchev–Trinajstić information content (AvgIpc) is 2.42. The van der Waals surface area contributed by atoms with E-state index in [-0.39, 0.29) is 18.0 Å². The Morgan fingerprint density at radius 1 is 1.38 bits per heavy atom. The van der Waals surface area contributed by atoms with E-state index in [0.29, 0.717) is 24.8 Å². The number of rotatable bonds is 4. The Labute approximate surface area is 123 Å². The van der Waals surface area contributed by atoms with Crippen molar-refractivity contribution in [2.75, 3.05) is 11.3 Å². The number of hydrogen-bond donors (Lipinski definition) is 3. The lowest BCUT2D eigenvalue weighted by molar-refractivity contribution is -0.142. The van der Waals surface area contributed by atoms with Crippen LogP contribution in [0.15, 0.2) is 18.2 Å². The highest BCUT2D eigenvalue weighted by atomic mass is 32.2. The molecule has 2 rings (SSSR count). The molecule has 1 aromatic carbocycles. The Hall–Kier alpha value is -1.80. The number of phenols is 1. The van der Waals surface area contributed by atoms with Crippen molar-refractivity contribution in [3.05, 3.63) is 23.8 Å². The Kier molecular flexibility index (Phi) is 4.38. The van der Waals surface area contributed by atoms with Crippen LogP contribution in [0.1, 0.15) is 24.8 Å². The molecule has 1 fully saturated rings. The number of phenolic OH excluding ortho intramolecular Hbond substituents is 1. The van der Waals surface area contributed by atoms with Crippen molar-refractivity contribution in [3.8, 4) is 5.75 Å². The minimum Gasteiger partial charge on any atom is -0.508 e. The molecule has 116 valence electrons. The normalized spacial score (nSPS) is 20.1. The van der Waals surface area contributed by atoms with Gasteiger partial charge in [-0.25, -0.2) is 0 Å². The predicted molar refractivity (Wildman–Crippen MR) is 77.4 cm³/mol. The van der Waals surface area contributed by atoms with E-state index in [1.165, 1.54) is 12.1 Å². The summed E-state index contributed by atoms with van der Waals surface area (Å²) >= 11 is 0. The monoisotopic (exact) mass is 314 g/mol. The van der Waals surface area contributed by atoms with Crippen LogP contribution in [0.4, 0.5) is 5.69 Å². The fourth-order valence-electron chi connectivity index (χ4n) is 2.32. The standard InChI is InChI=1S/C13H18N2O5S/c1-9-5-6-10(8-12(9)16)14-21(19,20)15-7-3-2-4-11(15)13(17)18/h5-6,8,11,14,16H,2-4,7H2,1H3,(H,17,18). The lowest BCUT2D eigenvalue weighted by Crippen LogP contribution is -2.49. The Morgan fingerprint density at radius 3 is 2.71 bits per heavy atom. The van der Waals surface area contributed by atoms with Gasteiger partial charge in [-0.3, -0.25) is 9.52 Å². The highest BCUT2D eigenvalue weighted by Crippen LogP contribution is 2.25. The number of aryl methyl sites for hydroxylation is 1. The predicted octanol–water partition coefficient (Wildman–Crippen LogP) is 1.30.